The van der Waals surface area contributed by atoms with Gasteiger partial charge < -0.3 is 20.7 Å². The maximum absolute atomic E-state index is 11.3. The molecule has 1 heterocycles. The maximum Gasteiger partial charge on any atom is 0.226 e. The van der Waals surface area contributed by atoms with E-state index in [0.717, 1.165) is 33.5 Å². The van der Waals surface area contributed by atoms with Gasteiger partial charge in [-0.25, -0.2) is 0 Å². The van der Waals surface area contributed by atoms with Crippen molar-refractivity contribution in [1.29, 1.82) is 0 Å². The van der Waals surface area contributed by atoms with Crippen molar-refractivity contribution in [2.75, 3.05) is 43.9 Å². The highest BCUT2D eigenvalue weighted by atomic mass is 79.9. The second-order valence-electron chi connectivity index (χ2n) is 9.10. The lowest BCUT2D eigenvalue weighted by Gasteiger charge is -2.13. The molecule has 0 atom stereocenters. The molecule has 1 fully saturated rings. The Morgan fingerprint density at radius 3 is 1.46 bits per heavy atom. The number of nitrogens with one attached hydrogen (secondary N) is 1. The maximum atomic E-state index is 11.3. The number of nitrogen functional groups attached to an aromatic ring is 1. The van der Waals surface area contributed by atoms with Gasteiger partial charge in [-0.15, -0.1) is 0 Å². The van der Waals surface area contributed by atoms with Crippen LogP contribution in [0.15, 0.2) is 57.5 Å². The first-order valence-corrected chi connectivity index (χ1v) is 15.4. The van der Waals surface area contributed by atoms with Crippen LogP contribution in [-0.2, 0) is 14.3 Å². The first kappa shape index (κ1) is 39.7. The molecule has 3 N–H and O–H groups in total. The van der Waals surface area contributed by atoms with Gasteiger partial charge in [0.2, 0.25) is 11.1 Å². The predicted octanol–water partition coefficient (Wildman–Crippen LogP) is 8.63. The highest BCUT2D eigenvalue weighted by Crippen LogP contribution is 2.14. The van der Waals surface area contributed by atoms with Crippen molar-refractivity contribution in [2.45, 2.75) is 61.3 Å². The summed E-state index contributed by atoms with van der Waals surface area (Å²) in [5.74, 6) is 0.0395. The lowest BCUT2D eigenvalue weighted by atomic mass is 10.2. The van der Waals surface area contributed by atoms with E-state index in [9.17, 15) is 9.59 Å². The number of benzene rings is 2. The molecule has 0 aliphatic carbocycles. The van der Waals surface area contributed by atoms with E-state index in [1.165, 1.54) is 32.5 Å². The van der Waals surface area contributed by atoms with Gasteiger partial charge in [0, 0.05) is 45.4 Å². The number of nitrogens with two attached hydrogens (primary N) is 1. The average molecular weight is 694 g/mol. The molecular weight excluding hydrogens is 646 g/mol. The minimum Gasteiger partial charge on any atom is -0.399 e. The fourth-order valence-corrected chi connectivity index (χ4v) is 2.99. The summed E-state index contributed by atoms with van der Waals surface area (Å²) >= 11 is 11.6. The summed E-state index contributed by atoms with van der Waals surface area (Å²) in [5, 5.41) is 2.54. The van der Waals surface area contributed by atoms with Crippen LogP contribution < -0.4 is 11.1 Å². The first-order chi connectivity index (χ1) is 18.4. The zero-order valence-electron chi connectivity index (χ0n) is 24.6. The molecule has 0 unspecified atom stereocenters. The van der Waals surface area contributed by atoms with Crippen molar-refractivity contribution < 1.29 is 14.3 Å². The van der Waals surface area contributed by atoms with Crippen molar-refractivity contribution in [2.24, 2.45) is 11.8 Å². The molecular formula is C30H48Br2ClN3O3. The molecule has 1 aliphatic heterocycles. The average Bonchev–Trinajstić information content (AvgIpc) is 3.50. The summed E-state index contributed by atoms with van der Waals surface area (Å²) < 4.78 is 7.02. The third kappa shape index (κ3) is 25.3. The molecule has 0 bridgehead atoms. The fraction of sp³-hybridized carbons (Fsp3) is 0.533. The minimum absolute atomic E-state index is 0.0173. The standard InChI is InChI=1S/C10H12BrNO.C6H6BrN.C6H15N.C4H7ClO.C4H8O/c1-7(2)10(13)12-9-5-3-8(11)4-6-9;7-5-1-3-6(8)4-2-5;1-4-7(5-2)6-3;1-3(2)4(5)6;1-2-4-5-3-1/h3-7H,1-2H3,(H,12,13);1-4H,8H2;4-6H2,1-3H3;3H,1-2H3;1-4H2. The number of hydrogen-bond acceptors (Lipinski definition) is 5. The molecule has 3 rings (SSSR count). The third-order valence-corrected chi connectivity index (χ3v) is 6.62. The van der Waals surface area contributed by atoms with Gasteiger partial charge in [0.05, 0.1) is 0 Å². The summed E-state index contributed by atoms with van der Waals surface area (Å²) in [6.45, 7) is 19.4. The smallest absolute Gasteiger partial charge is 0.226 e. The molecule has 39 heavy (non-hydrogen) atoms. The summed E-state index contributed by atoms with van der Waals surface area (Å²) in [5.41, 5.74) is 7.04. The Hall–Kier alpha value is -1.45. The second kappa shape index (κ2) is 25.5. The van der Waals surface area contributed by atoms with E-state index >= 15 is 0 Å². The summed E-state index contributed by atoms with van der Waals surface area (Å²) in [7, 11) is 0. The van der Waals surface area contributed by atoms with E-state index in [1.54, 1.807) is 13.8 Å². The molecule has 9 heteroatoms. The van der Waals surface area contributed by atoms with E-state index in [1.807, 2.05) is 62.4 Å². The second-order valence-corrected chi connectivity index (χ2v) is 11.3. The van der Waals surface area contributed by atoms with E-state index in [4.69, 9.17) is 22.1 Å². The van der Waals surface area contributed by atoms with Gasteiger partial charge in [0.25, 0.3) is 0 Å². The number of amides is 1. The van der Waals surface area contributed by atoms with E-state index in [2.05, 4.69) is 62.8 Å². The number of ether oxygens (including phenoxy) is 1. The first-order valence-electron chi connectivity index (χ1n) is 13.4. The van der Waals surface area contributed by atoms with Gasteiger partial charge in [-0.1, -0.05) is 80.3 Å². The number of carbonyl (C=O) groups excluding carboxylic acids is 2. The number of anilines is 2. The van der Waals surface area contributed by atoms with Crippen LogP contribution in [0.25, 0.3) is 0 Å². The Morgan fingerprint density at radius 2 is 1.23 bits per heavy atom. The van der Waals surface area contributed by atoms with Crippen molar-refractivity contribution in [3.8, 4) is 0 Å². The molecule has 1 aliphatic rings. The number of nitrogens with zero attached hydrogens (tertiary/aromatic N) is 1. The molecule has 6 nitrogen and oxygen atoms in total. The fourth-order valence-electron chi connectivity index (χ4n) is 2.46. The Labute approximate surface area is 258 Å². The van der Waals surface area contributed by atoms with Gasteiger partial charge in [-0.05, 0) is 92.6 Å². The van der Waals surface area contributed by atoms with Crippen molar-refractivity contribution >= 4 is 66.0 Å². The Bertz CT molecular complexity index is 838. The van der Waals surface area contributed by atoms with Crippen molar-refractivity contribution in [3.05, 3.63) is 57.5 Å². The molecule has 0 saturated carbocycles. The third-order valence-electron chi connectivity index (χ3n) is 5.13. The van der Waals surface area contributed by atoms with E-state index in [-0.39, 0.29) is 23.0 Å². The van der Waals surface area contributed by atoms with Crippen LogP contribution in [0, 0.1) is 11.8 Å². The molecule has 1 amide bonds. The molecule has 2 aromatic rings. The Morgan fingerprint density at radius 1 is 0.846 bits per heavy atom. The lowest BCUT2D eigenvalue weighted by Crippen LogP contribution is -2.21. The Balaban J connectivity index is 0. The van der Waals surface area contributed by atoms with Crippen LogP contribution >= 0.6 is 43.5 Å². The van der Waals surface area contributed by atoms with Crippen LogP contribution in [0.2, 0.25) is 0 Å². The number of halogens is 3. The highest BCUT2D eigenvalue weighted by molar-refractivity contribution is 9.10. The largest absolute Gasteiger partial charge is 0.399 e. The summed E-state index contributed by atoms with van der Waals surface area (Å²) in [6.07, 6.45) is 2.56. The zero-order valence-corrected chi connectivity index (χ0v) is 28.5. The van der Waals surface area contributed by atoms with Crippen LogP contribution in [0.1, 0.15) is 61.3 Å². The number of rotatable bonds is 6. The van der Waals surface area contributed by atoms with Gasteiger partial charge in [0.1, 0.15) is 0 Å². The molecule has 0 radical (unpaired) electrons. The topological polar surface area (TPSA) is 84.7 Å². The molecule has 0 aromatic heterocycles. The SMILES string of the molecule is C1CCOC1.CC(C)C(=O)Cl.CC(C)C(=O)Nc1ccc(Br)cc1.CCN(CC)CC.Nc1ccc(Br)cc1. The Kier molecular flexibility index (Phi) is 26.0. The minimum atomic E-state index is -0.269. The summed E-state index contributed by atoms with van der Waals surface area (Å²) in [4.78, 5) is 23.6. The van der Waals surface area contributed by atoms with Crippen molar-refractivity contribution in [1.82, 2.24) is 4.90 Å². The van der Waals surface area contributed by atoms with Gasteiger partial charge in [0.15, 0.2) is 0 Å². The van der Waals surface area contributed by atoms with Crippen LogP contribution in [0.3, 0.4) is 0 Å². The zero-order chi connectivity index (χ0) is 30.2. The van der Waals surface area contributed by atoms with Crippen molar-refractivity contribution in [3.63, 3.8) is 0 Å². The molecule has 2 aromatic carbocycles. The normalized spacial score (nSPS) is 11.6. The molecule has 0 spiro atoms. The molecule has 222 valence electrons. The lowest BCUT2D eigenvalue weighted by molar-refractivity contribution is -0.119. The van der Waals surface area contributed by atoms with E-state index < -0.39 is 0 Å². The van der Waals surface area contributed by atoms with Gasteiger partial charge in [-0.3, -0.25) is 9.59 Å². The van der Waals surface area contributed by atoms with Gasteiger partial charge in [-0.2, -0.15) is 0 Å². The van der Waals surface area contributed by atoms with E-state index in [0.29, 0.717) is 0 Å². The predicted molar refractivity (Wildman–Crippen MR) is 175 cm³/mol. The number of carbonyl (C=O) groups is 2. The van der Waals surface area contributed by atoms with Gasteiger partial charge >= 0.3 is 0 Å². The quantitative estimate of drug-likeness (QED) is 0.234. The summed E-state index contributed by atoms with van der Waals surface area (Å²) in [6, 6.07) is 15.1. The van der Waals surface area contributed by atoms with Crippen LogP contribution in [0.5, 0.6) is 0 Å². The number of hydrogen-bond donors (Lipinski definition) is 2. The van der Waals surface area contributed by atoms with Crippen LogP contribution in [-0.4, -0.2) is 48.9 Å². The van der Waals surface area contributed by atoms with Crippen LogP contribution in [0.4, 0.5) is 11.4 Å². The molecule has 1 saturated heterocycles. The highest BCUT2D eigenvalue weighted by Gasteiger charge is 2.06. The monoisotopic (exact) mass is 691 g/mol.